The van der Waals surface area contributed by atoms with Gasteiger partial charge in [-0.05, 0) is 54.8 Å². The van der Waals surface area contributed by atoms with Gasteiger partial charge in [0, 0.05) is 21.5 Å². The Balaban J connectivity index is 1.78. The van der Waals surface area contributed by atoms with E-state index in [4.69, 9.17) is 4.42 Å². The first kappa shape index (κ1) is 14.2. The van der Waals surface area contributed by atoms with Crippen molar-refractivity contribution in [3.8, 4) is 0 Å². The number of rotatable bonds is 6. The van der Waals surface area contributed by atoms with Crippen LogP contribution in [0.2, 0.25) is 0 Å². The van der Waals surface area contributed by atoms with Gasteiger partial charge in [-0.1, -0.05) is 6.92 Å². The van der Waals surface area contributed by atoms with Gasteiger partial charge in [-0.2, -0.15) is 11.8 Å². The largest absolute Gasteiger partial charge is 0.472 e. The summed E-state index contributed by atoms with van der Waals surface area (Å²) in [6.07, 6.45) is 7.06. The highest BCUT2D eigenvalue weighted by atomic mass is 32.2. The molecular weight excluding hydrogens is 286 g/mol. The molecule has 0 bridgehead atoms. The number of hydrogen-bond donors (Lipinski definition) is 1. The fraction of sp³-hybridized carbons (Fsp3) is 0.500. The SMILES string of the molecule is CCCNC(Cc1ccoc1)c1cc2c(s1)CCSC2. The molecule has 0 fully saturated rings. The zero-order chi connectivity index (χ0) is 13.8. The van der Waals surface area contributed by atoms with E-state index < -0.39 is 0 Å². The summed E-state index contributed by atoms with van der Waals surface area (Å²) < 4.78 is 5.21. The molecule has 1 atom stereocenters. The third-order valence-corrected chi connectivity index (χ3v) is 6.01. The van der Waals surface area contributed by atoms with Crippen LogP contribution in [0.5, 0.6) is 0 Å². The molecule has 0 saturated heterocycles. The molecule has 0 aliphatic carbocycles. The van der Waals surface area contributed by atoms with E-state index in [2.05, 4.69) is 36.1 Å². The summed E-state index contributed by atoms with van der Waals surface area (Å²) in [6, 6.07) is 4.93. The van der Waals surface area contributed by atoms with Crippen molar-refractivity contribution in [2.45, 2.75) is 38.0 Å². The highest BCUT2D eigenvalue weighted by Crippen LogP contribution is 2.35. The second kappa shape index (κ2) is 6.83. The van der Waals surface area contributed by atoms with Crippen molar-refractivity contribution in [1.82, 2.24) is 5.32 Å². The molecule has 3 heterocycles. The van der Waals surface area contributed by atoms with Crippen molar-refractivity contribution < 1.29 is 4.42 Å². The third kappa shape index (κ3) is 3.30. The fourth-order valence-electron chi connectivity index (χ4n) is 2.58. The van der Waals surface area contributed by atoms with Gasteiger partial charge in [0.1, 0.15) is 0 Å². The number of furan rings is 1. The van der Waals surface area contributed by atoms with E-state index >= 15 is 0 Å². The van der Waals surface area contributed by atoms with Crippen molar-refractivity contribution in [2.24, 2.45) is 0 Å². The van der Waals surface area contributed by atoms with Crippen LogP contribution in [0, 0.1) is 0 Å². The first-order valence-corrected chi connectivity index (χ1v) is 9.27. The lowest BCUT2D eigenvalue weighted by molar-refractivity contribution is 0.526. The van der Waals surface area contributed by atoms with Gasteiger partial charge in [-0.15, -0.1) is 11.3 Å². The minimum absolute atomic E-state index is 0.424. The summed E-state index contributed by atoms with van der Waals surface area (Å²) in [4.78, 5) is 3.10. The number of fused-ring (bicyclic) bond motifs is 1. The van der Waals surface area contributed by atoms with Gasteiger partial charge in [0.05, 0.1) is 12.5 Å². The fourth-order valence-corrected chi connectivity index (χ4v) is 5.03. The molecule has 1 aliphatic rings. The molecule has 0 radical (unpaired) electrons. The van der Waals surface area contributed by atoms with Crippen molar-refractivity contribution in [1.29, 1.82) is 0 Å². The first-order chi connectivity index (χ1) is 9.86. The van der Waals surface area contributed by atoms with Gasteiger partial charge in [-0.25, -0.2) is 0 Å². The highest BCUT2D eigenvalue weighted by Gasteiger charge is 2.19. The van der Waals surface area contributed by atoms with Crippen LogP contribution in [-0.2, 0) is 18.6 Å². The van der Waals surface area contributed by atoms with Gasteiger partial charge in [0.25, 0.3) is 0 Å². The maximum Gasteiger partial charge on any atom is 0.0935 e. The molecular formula is C16H21NOS2. The molecule has 4 heteroatoms. The minimum Gasteiger partial charge on any atom is -0.472 e. The molecule has 20 heavy (non-hydrogen) atoms. The lowest BCUT2D eigenvalue weighted by atomic mass is 10.1. The molecule has 0 aromatic carbocycles. The van der Waals surface area contributed by atoms with Gasteiger partial charge in [0.2, 0.25) is 0 Å². The van der Waals surface area contributed by atoms with Crippen LogP contribution in [0.25, 0.3) is 0 Å². The Kier molecular flexibility index (Phi) is 4.86. The van der Waals surface area contributed by atoms with Crippen molar-refractivity contribution in [3.05, 3.63) is 45.5 Å². The Morgan fingerprint density at radius 3 is 3.15 bits per heavy atom. The predicted molar refractivity (Wildman–Crippen MR) is 87.6 cm³/mol. The smallest absolute Gasteiger partial charge is 0.0935 e. The topological polar surface area (TPSA) is 25.2 Å². The molecule has 0 spiro atoms. The zero-order valence-electron chi connectivity index (χ0n) is 11.9. The van der Waals surface area contributed by atoms with Gasteiger partial charge >= 0.3 is 0 Å². The minimum atomic E-state index is 0.424. The zero-order valence-corrected chi connectivity index (χ0v) is 13.5. The molecule has 2 aromatic heterocycles. The standard InChI is InChI=1S/C16H21NOS2/c1-2-5-17-14(8-12-3-6-18-10-12)16-9-13-11-19-7-4-15(13)20-16/h3,6,9-10,14,17H,2,4-5,7-8,11H2,1H3. The predicted octanol–water partition coefficient (Wildman–Crippen LogP) is 4.41. The Hall–Kier alpha value is -0.710. The van der Waals surface area contributed by atoms with Crippen LogP contribution in [0.15, 0.2) is 29.1 Å². The summed E-state index contributed by atoms with van der Waals surface area (Å²) in [7, 11) is 0. The normalized spacial score (nSPS) is 16.1. The Morgan fingerprint density at radius 1 is 1.45 bits per heavy atom. The van der Waals surface area contributed by atoms with Crippen molar-refractivity contribution >= 4 is 23.1 Å². The van der Waals surface area contributed by atoms with E-state index in [0.29, 0.717) is 6.04 Å². The van der Waals surface area contributed by atoms with Crippen LogP contribution < -0.4 is 5.32 Å². The molecule has 2 aromatic rings. The molecule has 1 N–H and O–H groups in total. The summed E-state index contributed by atoms with van der Waals surface area (Å²) in [5.74, 6) is 2.47. The van der Waals surface area contributed by atoms with Gasteiger partial charge in [-0.3, -0.25) is 0 Å². The lowest BCUT2D eigenvalue weighted by Gasteiger charge is -2.16. The van der Waals surface area contributed by atoms with Crippen molar-refractivity contribution in [3.63, 3.8) is 0 Å². The van der Waals surface area contributed by atoms with E-state index in [1.165, 1.54) is 34.8 Å². The molecule has 108 valence electrons. The van der Waals surface area contributed by atoms with E-state index in [9.17, 15) is 0 Å². The lowest BCUT2D eigenvalue weighted by Crippen LogP contribution is -2.23. The number of thiophene rings is 1. The molecule has 2 nitrogen and oxygen atoms in total. The average molecular weight is 307 g/mol. The summed E-state index contributed by atoms with van der Waals surface area (Å²) >= 11 is 4.07. The second-order valence-electron chi connectivity index (χ2n) is 5.24. The quantitative estimate of drug-likeness (QED) is 0.855. The number of thioether (sulfide) groups is 1. The summed E-state index contributed by atoms with van der Waals surface area (Å²) in [6.45, 7) is 3.29. The number of aryl methyl sites for hydroxylation is 1. The maximum absolute atomic E-state index is 5.21. The molecule has 0 amide bonds. The maximum atomic E-state index is 5.21. The molecule has 1 aliphatic heterocycles. The number of nitrogens with one attached hydrogen (secondary N) is 1. The third-order valence-electron chi connectivity index (χ3n) is 3.65. The summed E-state index contributed by atoms with van der Waals surface area (Å²) in [5.41, 5.74) is 2.84. The van der Waals surface area contributed by atoms with Crippen LogP contribution in [0.1, 0.15) is 40.3 Å². The van der Waals surface area contributed by atoms with E-state index in [1.807, 2.05) is 17.6 Å². The van der Waals surface area contributed by atoms with Crippen LogP contribution in [0.4, 0.5) is 0 Å². The first-order valence-electron chi connectivity index (χ1n) is 7.30. The van der Waals surface area contributed by atoms with E-state index in [0.717, 1.165) is 13.0 Å². The monoisotopic (exact) mass is 307 g/mol. The summed E-state index contributed by atoms with van der Waals surface area (Å²) in [5, 5.41) is 3.70. The Morgan fingerprint density at radius 2 is 2.40 bits per heavy atom. The average Bonchev–Trinajstić information content (AvgIpc) is 3.12. The van der Waals surface area contributed by atoms with Crippen LogP contribution in [-0.4, -0.2) is 12.3 Å². The molecule has 3 rings (SSSR count). The highest BCUT2D eigenvalue weighted by molar-refractivity contribution is 7.98. The van der Waals surface area contributed by atoms with Crippen LogP contribution in [0.3, 0.4) is 0 Å². The Bertz CT molecular complexity index is 509. The Labute approximate surface area is 129 Å². The second-order valence-corrected chi connectivity index (χ2v) is 7.52. The van der Waals surface area contributed by atoms with Gasteiger partial charge in [0.15, 0.2) is 0 Å². The van der Waals surface area contributed by atoms with Gasteiger partial charge < -0.3 is 9.73 Å². The van der Waals surface area contributed by atoms with Crippen LogP contribution >= 0.6 is 23.1 Å². The van der Waals surface area contributed by atoms with Crippen molar-refractivity contribution in [2.75, 3.05) is 12.3 Å². The van der Waals surface area contributed by atoms with E-state index in [1.54, 1.807) is 16.7 Å². The number of hydrogen-bond acceptors (Lipinski definition) is 4. The molecule has 0 saturated carbocycles. The molecule has 1 unspecified atom stereocenters. The van der Waals surface area contributed by atoms with E-state index in [-0.39, 0.29) is 0 Å².